The van der Waals surface area contributed by atoms with Crippen LogP contribution in [0.15, 0.2) is 46.9 Å². The van der Waals surface area contributed by atoms with Crippen molar-refractivity contribution in [1.82, 2.24) is 5.32 Å². The Morgan fingerprint density at radius 2 is 1.86 bits per heavy atom. The lowest BCUT2D eigenvalue weighted by Gasteiger charge is -2.11. The van der Waals surface area contributed by atoms with Gasteiger partial charge in [-0.3, -0.25) is 10.1 Å². The molecule has 0 atom stereocenters. The molecule has 2 aromatic rings. The molecule has 0 aliphatic carbocycles. The van der Waals surface area contributed by atoms with Crippen LogP contribution in [0.2, 0.25) is 10.0 Å². The molecule has 0 spiro atoms. The molecule has 0 heterocycles. The van der Waals surface area contributed by atoms with Crippen molar-refractivity contribution in [3.05, 3.63) is 62.5 Å². The highest BCUT2D eigenvalue weighted by Crippen LogP contribution is 2.29. The first-order valence-corrected chi connectivity index (χ1v) is 7.75. The van der Waals surface area contributed by atoms with Crippen molar-refractivity contribution >= 4 is 68.1 Å². The third-order valence-electron chi connectivity index (χ3n) is 2.51. The van der Waals surface area contributed by atoms with Gasteiger partial charge >= 0.3 is 0 Å². The summed E-state index contributed by atoms with van der Waals surface area (Å²) in [6.45, 7) is 0. The van der Waals surface area contributed by atoms with Crippen LogP contribution in [0.1, 0.15) is 10.4 Å². The van der Waals surface area contributed by atoms with Crippen molar-refractivity contribution < 1.29 is 4.79 Å². The molecular formula is C14H9BrCl2N2OS. The lowest BCUT2D eigenvalue weighted by molar-refractivity contribution is 0.0977. The summed E-state index contributed by atoms with van der Waals surface area (Å²) in [7, 11) is 0. The largest absolute Gasteiger partial charge is 0.331 e. The van der Waals surface area contributed by atoms with Gasteiger partial charge in [-0.15, -0.1) is 0 Å². The second-order valence-corrected chi connectivity index (χ2v) is 6.13. The number of carbonyl (C=O) groups is 1. The highest BCUT2D eigenvalue weighted by molar-refractivity contribution is 9.10. The quantitative estimate of drug-likeness (QED) is 0.702. The topological polar surface area (TPSA) is 41.1 Å². The van der Waals surface area contributed by atoms with Gasteiger partial charge in [-0.05, 0) is 42.5 Å². The number of rotatable bonds is 2. The van der Waals surface area contributed by atoms with Gasteiger partial charge in [0.15, 0.2) is 5.11 Å². The minimum absolute atomic E-state index is 0.143. The molecule has 0 unspecified atom stereocenters. The van der Waals surface area contributed by atoms with Crippen LogP contribution in [-0.4, -0.2) is 11.0 Å². The maximum Gasteiger partial charge on any atom is 0.257 e. The summed E-state index contributed by atoms with van der Waals surface area (Å²) in [5, 5.41) is 6.31. The summed E-state index contributed by atoms with van der Waals surface area (Å²) in [6, 6.07) is 12.1. The summed E-state index contributed by atoms with van der Waals surface area (Å²) in [5.41, 5.74) is 1.02. The molecule has 1 amide bonds. The second kappa shape index (κ2) is 7.22. The number of carbonyl (C=O) groups excluding carboxylic acids is 1. The fourth-order valence-electron chi connectivity index (χ4n) is 1.56. The molecule has 0 aliphatic rings. The molecule has 0 aliphatic heterocycles. The number of benzene rings is 2. The standard InChI is InChI=1S/C14H9BrCl2N2OS/c15-9-4-1-3-8(7-9)13(20)19-14(21)18-11-6-2-5-10(16)12(11)17/h1-7H,(H2,18,19,20,21). The predicted molar refractivity (Wildman–Crippen MR) is 94.3 cm³/mol. The normalized spacial score (nSPS) is 10.0. The van der Waals surface area contributed by atoms with Crippen molar-refractivity contribution in [1.29, 1.82) is 0 Å². The molecule has 21 heavy (non-hydrogen) atoms. The zero-order valence-corrected chi connectivity index (χ0v) is 14.4. The Kier molecular flexibility index (Phi) is 5.58. The number of nitrogens with one attached hydrogen (secondary N) is 2. The molecule has 0 radical (unpaired) electrons. The van der Waals surface area contributed by atoms with E-state index in [0.717, 1.165) is 4.47 Å². The van der Waals surface area contributed by atoms with E-state index in [1.165, 1.54) is 0 Å². The lowest BCUT2D eigenvalue weighted by Crippen LogP contribution is -2.34. The molecule has 0 aromatic heterocycles. The van der Waals surface area contributed by atoms with Gasteiger partial charge in [0.1, 0.15) is 0 Å². The molecule has 7 heteroatoms. The van der Waals surface area contributed by atoms with E-state index in [2.05, 4.69) is 26.6 Å². The van der Waals surface area contributed by atoms with Gasteiger partial charge in [-0.25, -0.2) is 0 Å². The third kappa shape index (κ3) is 4.41. The minimum atomic E-state index is -0.313. The second-order valence-electron chi connectivity index (χ2n) is 4.02. The predicted octanol–water partition coefficient (Wildman–Crippen LogP) is 4.88. The Labute approximate surface area is 145 Å². The minimum Gasteiger partial charge on any atom is -0.331 e. The van der Waals surface area contributed by atoms with Crippen molar-refractivity contribution in [2.24, 2.45) is 0 Å². The van der Waals surface area contributed by atoms with E-state index in [-0.39, 0.29) is 11.0 Å². The summed E-state index contributed by atoms with van der Waals surface area (Å²) < 4.78 is 0.812. The average molecular weight is 404 g/mol. The van der Waals surface area contributed by atoms with Crippen LogP contribution in [0.3, 0.4) is 0 Å². The van der Waals surface area contributed by atoms with E-state index >= 15 is 0 Å². The van der Waals surface area contributed by atoms with Crippen molar-refractivity contribution in [2.45, 2.75) is 0 Å². The lowest BCUT2D eigenvalue weighted by atomic mass is 10.2. The molecule has 2 aromatic carbocycles. The van der Waals surface area contributed by atoms with Crippen LogP contribution in [0.25, 0.3) is 0 Å². The molecule has 0 saturated heterocycles. The highest BCUT2D eigenvalue weighted by atomic mass is 79.9. The number of hydrogen-bond acceptors (Lipinski definition) is 2. The van der Waals surface area contributed by atoms with Crippen LogP contribution in [0.4, 0.5) is 5.69 Å². The van der Waals surface area contributed by atoms with E-state index in [1.807, 2.05) is 6.07 Å². The average Bonchev–Trinajstić information content (AvgIpc) is 2.44. The Hall–Kier alpha value is -1.14. The monoisotopic (exact) mass is 402 g/mol. The van der Waals surface area contributed by atoms with Gasteiger partial charge in [-0.1, -0.05) is 51.3 Å². The van der Waals surface area contributed by atoms with Crippen LogP contribution in [0, 0.1) is 0 Å². The molecule has 0 fully saturated rings. The SMILES string of the molecule is O=C(NC(=S)Nc1cccc(Cl)c1Cl)c1cccc(Br)c1. The summed E-state index contributed by atoms with van der Waals surface area (Å²) in [6.07, 6.45) is 0. The van der Waals surface area contributed by atoms with Gasteiger partial charge in [-0.2, -0.15) is 0 Å². The molecule has 108 valence electrons. The Morgan fingerprint density at radius 1 is 1.14 bits per heavy atom. The molecular weight excluding hydrogens is 395 g/mol. The molecule has 2 rings (SSSR count). The van der Waals surface area contributed by atoms with Crippen molar-refractivity contribution in [3.63, 3.8) is 0 Å². The fraction of sp³-hybridized carbons (Fsp3) is 0. The van der Waals surface area contributed by atoms with Crippen LogP contribution in [-0.2, 0) is 0 Å². The van der Waals surface area contributed by atoms with E-state index in [0.29, 0.717) is 21.3 Å². The van der Waals surface area contributed by atoms with Crippen LogP contribution < -0.4 is 10.6 Å². The maximum absolute atomic E-state index is 12.0. The van der Waals surface area contributed by atoms with Gasteiger partial charge in [0.25, 0.3) is 5.91 Å². The molecule has 0 saturated carbocycles. The van der Waals surface area contributed by atoms with Gasteiger partial charge in [0.05, 0.1) is 15.7 Å². The smallest absolute Gasteiger partial charge is 0.257 e. The van der Waals surface area contributed by atoms with Crippen molar-refractivity contribution in [2.75, 3.05) is 5.32 Å². The third-order valence-corrected chi connectivity index (χ3v) is 4.03. The number of anilines is 1. The Bertz CT molecular complexity index is 709. The first kappa shape index (κ1) is 16.2. The Balaban J connectivity index is 2.05. The van der Waals surface area contributed by atoms with Crippen LogP contribution in [0.5, 0.6) is 0 Å². The summed E-state index contributed by atoms with van der Waals surface area (Å²) in [5.74, 6) is -0.313. The number of hydrogen-bond donors (Lipinski definition) is 2. The number of amides is 1. The number of thiocarbonyl (C=S) groups is 1. The number of halogens is 3. The summed E-state index contributed by atoms with van der Waals surface area (Å²) >= 11 is 20.3. The van der Waals surface area contributed by atoms with E-state index in [4.69, 9.17) is 35.4 Å². The maximum atomic E-state index is 12.0. The first-order chi connectivity index (χ1) is 9.97. The molecule has 0 bridgehead atoms. The van der Waals surface area contributed by atoms with Crippen LogP contribution >= 0.6 is 51.3 Å². The van der Waals surface area contributed by atoms with E-state index in [1.54, 1.807) is 36.4 Å². The summed E-state index contributed by atoms with van der Waals surface area (Å²) in [4.78, 5) is 12.0. The van der Waals surface area contributed by atoms with Gasteiger partial charge < -0.3 is 5.32 Å². The zero-order valence-electron chi connectivity index (χ0n) is 10.5. The van der Waals surface area contributed by atoms with Crippen molar-refractivity contribution in [3.8, 4) is 0 Å². The zero-order chi connectivity index (χ0) is 15.4. The Morgan fingerprint density at radius 3 is 2.57 bits per heavy atom. The van der Waals surface area contributed by atoms with E-state index in [9.17, 15) is 4.79 Å². The van der Waals surface area contributed by atoms with Gasteiger partial charge in [0, 0.05) is 10.0 Å². The van der Waals surface area contributed by atoms with E-state index < -0.39 is 0 Å². The van der Waals surface area contributed by atoms with Gasteiger partial charge in [0.2, 0.25) is 0 Å². The molecule has 2 N–H and O–H groups in total. The molecule has 3 nitrogen and oxygen atoms in total. The fourth-order valence-corrected chi connectivity index (χ4v) is 2.51. The first-order valence-electron chi connectivity index (χ1n) is 5.79. The highest BCUT2D eigenvalue weighted by Gasteiger charge is 2.10.